The Morgan fingerprint density at radius 2 is 1.92 bits per heavy atom. The van der Waals surface area contributed by atoms with Gasteiger partial charge in [-0.25, -0.2) is 14.6 Å². The van der Waals surface area contributed by atoms with E-state index < -0.39 is 0 Å². The fraction of sp³-hybridized carbons (Fsp3) is 0.333. The maximum Gasteiger partial charge on any atom is 0.316 e. The van der Waals surface area contributed by atoms with Crippen LogP contribution in [0.3, 0.4) is 0 Å². The Balaban J connectivity index is 1.80. The molecule has 0 saturated heterocycles. The third kappa shape index (κ3) is 4.51. The summed E-state index contributed by atoms with van der Waals surface area (Å²) in [5.41, 5.74) is 1.27. The lowest BCUT2D eigenvalue weighted by Crippen LogP contribution is -2.22. The molecule has 0 aliphatic carbocycles. The molecule has 3 heterocycles. The van der Waals surface area contributed by atoms with Crippen LogP contribution in [0.4, 0.5) is 0 Å². The molecular formula is C18H20N4O2S. The Labute approximate surface area is 150 Å². The summed E-state index contributed by atoms with van der Waals surface area (Å²) in [6.45, 7) is 7.21. The van der Waals surface area contributed by atoms with E-state index in [-0.39, 0.29) is 5.56 Å². The van der Waals surface area contributed by atoms with Crippen LogP contribution in [0.25, 0.3) is 11.3 Å². The molecule has 0 aliphatic heterocycles. The summed E-state index contributed by atoms with van der Waals surface area (Å²) in [5, 5.41) is 4.44. The Morgan fingerprint density at radius 1 is 1.16 bits per heavy atom. The number of thiophene rings is 1. The van der Waals surface area contributed by atoms with Crippen LogP contribution in [-0.4, -0.2) is 26.4 Å². The number of aromatic nitrogens is 4. The molecule has 6 nitrogen and oxygen atoms in total. The summed E-state index contributed by atoms with van der Waals surface area (Å²) in [6, 6.07) is 7.61. The Morgan fingerprint density at radius 3 is 2.56 bits per heavy atom. The predicted molar refractivity (Wildman–Crippen MR) is 98.0 cm³/mol. The van der Waals surface area contributed by atoms with Gasteiger partial charge in [0.2, 0.25) is 0 Å². The third-order valence-corrected chi connectivity index (χ3v) is 4.42. The van der Waals surface area contributed by atoms with Gasteiger partial charge in [0, 0.05) is 33.8 Å². The first-order valence-corrected chi connectivity index (χ1v) is 8.91. The molecule has 0 aliphatic rings. The maximum atomic E-state index is 12.1. The van der Waals surface area contributed by atoms with Crippen LogP contribution in [0, 0.1) is 12.8 Å². The van der Waals surface area contributed by atoms with Gasteiger partial charge in [-0.1, -0.05) is 13.8 Å². The van der Waals surface area contributed by atoms with Crippen molar-refractivity contribution in [3.8, 4) is 17.3 Å². The van der Waals surface area contributed by atoms with E-state index in [0.717, 1.165) is 10.4 Å². The second kappa shape index (κ2) is 7.57. The van der Waals surface area contributed by atoms with Crippen molar-refractivity contribution in [2.24, 2.45) is 5.92 Å². The van der Waals surface area contributed by atoms with Gasteiger partial charge in [-0.3, -0.25) is 4.79 Å². The molecule has 0 N–H and O–H groups in total. The zero-order valence-electron chi connectivity index (χ0n) is 14.5. The van der Waals surface area contributed by atoms with Gasteiger partial charge in [-0.05, 0) is 31.0 Å². The molecule has 0 aromatic carbocycles. The van der Waals surface area contributed by atoms with Gasteiger partial charge in [0.25, 0.3) is 5.56 Å². The van der Waals surface area contributed by atoms with Crippen molar-refractivity contribution in [3.63, 3.8) is 0 Å². The van der Waals surface area contributed by atoms with E-state index in [0.29, 0.717) is 30.8 Å². The molecule has 0 unspecified atom stereocenters. The van der Waals surface area contributed by atoms with Crippen LogP contribution in [-0.2, 0) is 6.54 Å². The maximum absolute atomic E-state index is 12.1. The fourth-order valence-electron chi connectivity index (χ4n) is 2.20. The number of nitrogens with zero attached hydrogens (tertiary/aromatic N) is 4. The number of ether oxygens (including phenoxy) is 1. The fourth-order valence-corrected chi connectivity index (χ4v) is 3.07. The zero-order chi connectivity index (χ0) is 17.8. The van der Waals surface area contributed by atoms with Crippen LogP contribution < -0.4 is 10.3 Å². The largest absolute Gasteiger partial charge is 0.463 e. The SMILES string of the molecule is Cc1ccc(Cn2nc(-c3cnc(OCC(C)C)nc3)ccc2=O)s1. The molecule has 3 aromatic heterocycles. The summed E-state index contributed by atoms with van der Waals surface area (Å²) in [4.78, 5) is 22.8. The van der Waals surface area contributed by atoms with Crippen LogP contribution in [0.1, 0.15) is 23.6 Å². The van der Waals surface area contributed by atoms with Crippen molar-refractivity contribution < 1.29 is 4.74 Å². The molecule has 130 valence electrons. The molecule has 0 spiro atoms. The molecule has 0 fully saturated rings. The van der Waals surface area contributed by atoms with E-state index in [1.807, 2.05) is 19.1 Å². The zero-order valence-corrected chi connectivity index (χ0v) is 15.3. The van der Waals surface area contributed by atoms with E-state index in [2.05, 4.69) is 28.9 Å². The van der Waals surface area contributed by atoms with Crippen molar-refractivity contribution >= 4 is 11.3 Å². The first-order valence-electron chi connectivity index (χ1n) is 8.10. The second-order valence-electron chi connectivity index (χ2n) is 6.19. The van der Waals surface area contributed by atoms with Gasteiger partial charge >= 0.3 is 6.01 Å². The quantitative estimate of drug-likeness (QED) is 0.678. The van der Waals surface area contributed by atoms with Crippen LogP contribution in [0.5, 0.6) is 6.01 Å². The smallest absolute Gasteiger partial charge is 0.316 e. The Hall–Kier alpha value is -2.54. The minimum absolute atomic E-state index is 0.132. The highest BCUT2D eigenvalue weighted by Crippen LogP contribution is 2.17. The standard InChI is InChI=1S/C18H20N4O2S/c1-12(2)11-24-18-19-8-14(9-20-18)16-6-7-17(23)22(21-16)10-15-5-4-13(3)25-15/h4-9,12H,10-11H2,1-3H3. The van der Waals surface area contributed by atoms with E-state index in [4.69, 9.17) is 4.74 Å². The summed E-state index contributed by atoms with van der Waals surface area (Å²) in [5.74, 6) is 0.411. The summed E-state index contributed by atoms with van der Waals surface area (Å²) >= 11 is 1.66. The van der Waals surface area contributed by atoms with Gasteiger partial charge in [-0.15, -0.1) is 11.3 Å². The first-order chi connectivity index (χ1) is 12.0. The average molecular weight is 356 g/mol. The van der Waals surface area contributed by atoms with Crippen molar-refractivity contribution in [1.29, 1.82) is 0 Å². The van der Waals surface area contributed by atoms with Crippen LogP contribution >= 0.6 is 11.3 Å². The lowest BCUT2D eigenvalue weighted by atomic mass is 10.2. The van der Waals surface area contributed by atoms with Crippen molar-refractivity contribution in [3.05, 3.63) is 56.8 Å². The van der Waals surface area contributed by atoms with Crippen molar-refractivity contribution in [2.45, 2.75) is 27.3 Å². The second-order valence-corrected chi connectivity index (χ2v) is 7.56. The van der Waals surface area contributed by atoms with Crippen LogP contribution in [0.2, 0.25) is 0 Å². The molecule has 3 rings (SSSR count). The van der Waals surface area contributed by atoms with E-state index in [9.17, 15) is 4.79 Å². The van der Waals surface area contributed by atoms with E-state index in [1.165, 1.54) is 15.6 Å². The Kier molecular flexibility index (Phi) is 5.23. The number of hydrogen-bond acceptors (Lipinski definition) is 6. The lowest BCUT2D eigenvalue weighted by molar-refractivity contribution is 0.251. The van der Waals surface area contributed by atoms with Crippen LogP contribution in [0.15, 0.2) is 41.5 Å². The summed E-state index contributed by atoms with van der Waals surface area (Å²) in [6.07, 6.45) is 3.32. The highest BCUT2D eigenvalue weighted by atomic mass is 32.1. The topological polar surface area (TPSA) is 69.9 Å². The molecule has 0 amide bonds. The van der Waals surface area contributed by atoms with E-state index in [1.54, 1.807) is 29.8 Å². The molecule has 3 aromatic rings. The highest BCUT2D eigenvalue weighted by molar-refractivity contribution is 7.11. The van der Waals surface area contributed by atoms with Gasteiger partial charge in [-0.2, -0.15) is 5.10 Å². The number of hydrogen-bond donors (Lipinski definition) is 0. The highest BCUT2D eigenvalue weighted by Gasteiger charge is 2.07. The minimum Gasteiger partial charge on any atom is -0.463 e. The molecule has 0 saturated carbocycles. The van der Waals surface area contributed by atoms with Gasteiger partial charge < -0.3 is 4.74 Å². The molecule has 0 radical (unpaired) electrons. The first kappa shape index (κ1) is 17.3. The monoisotopic (exact) mass is 356 g/mol. The molecule has 0 atom stereocenters. The van der Waals surface area contributed by atoms with Crippen molar-refractivity contribution in [1.82, 2.24) is 19.7 Å². The molecule has 25 heavy (non-hydrogen) atoms. The third-order valence-electron chi connectivity index (χ3n) is 3.44. The predicted octanol–water partition coefficient (Wildman–Crippen LogP) is 3.15. The molecule has 0 bridgehead atoms. The molecular weight excluding hydrogens is 336 g/mol. The van der Waals surface area contributed by atoms with Gasteiger partial charge in [0.05, 0.1) is 18.8 Å². The summed E-state index contributed by atoms with van der Waals surface area (Å²) < 4.78 is 6.95. The molecule has 7 heteroatoms. The normalized spacial score (nSPS) is 11.0. The average Bonchev–Trinajstić information content (AvgIpc) is 3.00. The number of aryl methyl sites for hydroxylation is 1. The number of rotatable bonds is 6. The van der Waals surface area contributed by atoms with Crippen molar-refractivity contribution in [2.75, 3.05) is 6.61 Å². The lowest BCUT2D eigenvalue weighted by Gasteiger charge is -2.08. The van der Waals surface area contributed by atoms with Gasteiger partial charge in [0.1, 0.15) is 0 Å². The minimum atomic E-state index is -0.132. The van der Waals surface area contributed by atoms with E-state index >= 15 is 0 Å². The summed E-state index contributed by atoms with van der Waals surface area (Å²) in [7, 11) is 0. The Bertz CT molecular complexity index is 900. The van der Waals surface area contributed by atoms with Gasteiger partial charge in [0.15, 0.2) is 0 Å².